The second-order valence-corrected chi connectivity index (χ2v) is 5.34. The Morgan fingerprint density at radius 2 is 2.20 bits per heavy atom. The SMILES string of the molecule is Nc1ccc(Cl)cc1SCc1ccsc1. The van der Waals surface area contributed by atoms with Crippen molar-refractivity contribution in [3.05, 3.63) is 45.6 Å². The summed E-state index contributed by atoms with van der Waals surface area (Å²) in [5.74, 6) is 0.939. The van der Waals surface area contributed by atoms with E-state index in [4.69, 9.17) is 17.3 Å². The molecule has 4 heteroatoms. The van der Waals surface area contributed by atoms with Gasteiger partial charge in [0.2, 0.25) is 0 Å². The van der Waals surface area contributed by atoms with Crippen molar-refractivity contribution in [2.24, 2.45) is 0 Å². The van der Waals surface area contributed by atoms with Crippen molar-refractivity contribution < 1.29 is 0 Å². The molecule has 2 aromatic rings. The van der Waals surface area contributed by atoms with Crippen LogP contribution in [0.5, 0.6) is 0 Å². The zero-order valence-corrected chi connectivity index (χ0v) is 10.3. The van der Waals surface area contributed by atoms with Gasteiger partial charge in [-0.25, -0.2) is 0 Å². The summed E-state index contributed by atoms with van der Waals surface area (Å²) in [5, 5.41) is 4.96. The van der Waals surface area contributed by atoms with Crippen LogP contribution in [0, 0.1) is 0 Å². The van der Waals surface area contributed by atoms with Crippen molar-refractivity contribution in [3.63, 3.8) is 0 Å². The van der Waals surface area contributed by atoms with Gasteiger partial charge in [0.25, 0.3) is 0 Å². The maximum absolute atomic E-state index is 5.91. The third-order valence-corrected chi connectivity index (χ3v) is 4.06. The number of nitrogen functional groups attached to an aromatic ring is 1. The summed E-state index contributed by atoms with van der Waals surface area (Å²) < 4.78 is 0. The molecular weight excluding hydrogens is 246 g/mol. The Hall–Kier alpha value is -0.640. The van der Waals surface area contributed by atoms with Gasteiger partial charge < -0.3 is 5.73 Å². The molecule has 1 aromatic carbocycles. The standard InChI is InChI=1S/C11H10ClNS2/c12-9-1-2-10(13)11(5-9)15-7-8-3-4-14-6-8/h1-6H,7,13H2. The lowest BCUT2D eigenvalue weighted by Gasteiger charge is -2.04. The number of anilines is 1. The molecule has 1 aromatic heterocycles. The van der Waals surface area contributed by atoms with Crippen molar-refractivity contribution >= 4 is 40.4 Å². The summed E-state index contributed by atoms with van der Waals surface area (Å²) >= 11 is 9.34. The molecule has 0 saturated carbocycles. The molecular formula is C11H10ClNS2. The van der Waals surface area contributed by atoms with Crippen LogP contribution < -0.4 is 5.73 Å². The summed E-state index contributed by atoms with van der Waals surface area (Å²) in [6, 6.07) is 7.69. The molecule has 2 N–H and O–H groups in total. The van der Waals surface area contributed by atoms with Gasteiger partial charge in [-0.05, 0) is 40.6 Å². The van der Waals surface area contributed by atoms with E-state index in [9.17, 15) is 0 Å². The Labute approximate surface area is 102 Å². The van der Waals surface area contributed by atoms with Crippen molar-refractivity contribution in [1.82, 2.24) is 0 Å². The summed E-state index contributed by atoms with van der Waals surface area (Å²) in [7, 11) is 0. The minimum absolute atomic E-state index is 0.733. The van der Waals surface area contributed by atoms with Gasteiger partial charge in [0.1, 0.15) is 0 Å². The van der Waals surface area contributed by atoms with E-state index in [1.165, 1.54) is 5.56 Å². The number of nitrogens with two attached hydrogens (primary N) is 1. The molecule has 0 unspecified atom stereocenters. The van der Waals surface area contributed by atoms with Crippen LogP contribution in [0.3, 0.4) is 0 Å². The second-order valence-electron chi connectivity index (χ2n) is 3.10. The Balaban J connectivity index is 2.07. The van der Waals surface area contributed by atoms with Crippen LogP contribution in [-0.2, 0) is 5.75 Å². The quantitative estimate of drug-likeness (QED) is 0.655. The summed E-state index contributed by atoms with van der Waals surface area (Å²) in [6.45, 7) is 0. The molecule has 0 fully saturated rings. The number of hydrogen-bond acceptors (Lipinski definition) is 3. The van der Waals surface area contributed by atoms with E-state index in [0.29, 0.717) is 0 Å². The van der Waals surface area contributed by atoms with Crippen LogP contribution in [0.25, 0.3) is 0 Å². The highest BCUT2D eigenvalue weighted by Gasteiger charge is 2.02. The Morgan fingerprint density at radius 1 is 1.33 bits per heavy atom. The predicted octanol–water partition coefficient (Wildman–Crippen LogP) is 4.28. The van der Waals surface area contributed by atoms with E-state index in [1.54, 1.807) is 23.1 Å². The highest BCUT2D eigenvalue weighted by atomic mass is 35.5. The van der Waals surface area contributed by atoms with Crippen LogP contribution in [0.1, 0.15) is 5.56 Å². The van der Waals surface area contributed by atoms with Crippen LogP contribution in [0.4, 0.5) is 5.69 Å². The molecule has 0 aliphatic heterocycles. The molecule has 1 nitrogen and oxygen atoms in total. The third-order valence-electron chi connectivity index (χ3n) is 1.95. The fourth-order valence-corrected chi connectivity index (χ4v) is 3.13. The first-order chi connectivity index (χ1) is 7.25. The largest absolute Gasteiger partial charge is 0.398 e. The summed E-state index contributed by atoms with van der Waals surface area (Å²) in [5.41, 5.74) is 7.97. The zero-order chi connectivity index (χ0) is 10.7. The van der Waals surface area contributed by atoms with Gasteiger partial charge >= 0.3 is 0 Å². The van der Waals surface area contributed by atoms with Crippen LogP contribution in [-0.4, -0.2) is 0 Å². The molecule has 78 valence electrons. The third kappa shape index (κ3) is 2.91. The Kier molecular flexibility index (Phi) is 3.57. The highest BCUT2D eigenvalue weighted by molar-refractivity contribution is 7.98. The van der Waals surface area contributed by atoms with Crippen molar-refractivity contribution in [3.8, 4) is 0 Å². The molecule has 0 aliphatic rings. The molecule has 0 saturated heterocycles. The first-order valence-electron chi connectivity index (χ1n) is 4.44. The van der Waals surface area contributed by atoms with E-state index < -0.39 is 0 Å². The average Bonchev–Trinajstić information content (AvgIpc) is 2.72. The van der Waals surface area contributed by atoms with Gasteiger partial charge in [-0.1, -0.05) is 11.6 Å². The number of hydrogen-bond donors (Lipinski definition) is 1. The van der Waals surface area contributed by atoms with Gasteiger partial charge in [0.15, 0.2) is 0 Å². The Morgan fingerprint density at radius 3 is 2.93 bits per heavy atom. The summed E-state index contributed by atoms with van der Waals surface area (Å²) in [4.78, 5) is 1.05. The smallest absolute Gasteiger partial charge is 0.0453 e. The summed E-state index contributed by atoms with van der Waals surface area (Å²) in [6.07, 6.45) is 0. The highest BCUT2D eigenvalue weighted by Crippen LogP contribution is 2.30. The number of benzene rings is 1. The number of rotatable bonds is 3. The van der Waals surface area contributed by atoms with E-state index in [0.717, 1.165) is 21.4 Å². The van der Waals surface area contributed by atoms with Crippen molar-refractivity contribution in [1.29, 1.82) is 0 Å². The maximum atomic E-state index is 5.91. The number of thiophene rings is 1. The van der Waals surface area contributed by atoms with E-state index in [-0.39, 0.29) is 0 Å². The molecule has 0 aliphatic carbocycles. The first-order valence-corrected chi connectivity index (χ1v) is 6.75. The normalized spacial score (nSPS) is 10.5. The molecule has 0 atom stereocenters. The van der Waals surface area contributed by atoms with Gasteiger partial charge in [-0.2, -0.15) is 11.3 Å². The fourth-order valence-electron chi connectivity index (χ4n) is 1.17. The minimum atomic E-state index is 0.733. The van der Waals surface area contributed by atoms with Crippen molar-refractivity contribution in [2.45, 2.75) is 10.6 Å². The monoisotopic (exact) mass is 255 g/mol. The predicted molar refractivity (Wildman–Crippen MR) is 69.7 cm³/mol. The molecule has 1 heterocycles. The van der Waals surface area contributed by atoms with Gasteiger partial charge in [-0.15, -0.1) is 11.8 Å². The molecule has 2 rings (SSSR count). The molecule has 0 bridgehead atoms. The lowest BCUT2D eigenvalue weighted by Crippen LogP contribution is -1.88. The van der Waals surface area contributed by atoms with Crippen LogP contribution in [0.2, 0.25) is 5.02 Å². The van der Waals surface area contributed by atoms with Gasteiger partial charge in [0.05, 0.1) is 0 Å². The number of halogens is 1. The maximum Gasteiger partial charge on any atom is 0.0453 e. The molecule has 0 spiro atoms. The van der Waals surface area contributed by atoms with Crippen molar-refractivity contribution in [2.75, 3.05) is 5.73 Å². The average molecular weight is 256 g/mol. The van der Waals surface area contributed by atoms with Gasteiger partial charge in [0, 0.05) is 21.4 Å². The minimum Gasteiger partial charge on any atom is -0.398 e. The topological polar surface area (TPSA) is 26.0 Å². The van der Waals surface area contributed by atoms with Gasteiger partial charge in [-0.3, -0.25) is 0 Å². The fraction of sp³-hybridized carbons (Fsp3) is 0.0909. The zero-order valence-electron chi connectivity index (χ0n) is 7.94. The first kappa shape index (κ1) is 10.9. The number of thioether (sulfide) groups is 1. The van der Waals surface area contributed by atoms with Crippen LogP contribution >= 0.6 is 34.7 Å². The molecule has 15 heavy (non-hydrogen) atoms. The Bertz CT molecular complexity index is 440. The van der Waals surface area contributed by atoms with Crippen LogP contribution in [0.15, 0.2) is 39.9 Å². The van der Waals surface area contributed by atoms with E-state index in [1.807, 2.05) is 18.2 Å². The molecule has 0 radical (unpaired) electrons. The lowest BCUT2D eigenvalue weighted by molar-refractivity contribution is 1.41. The van der Waals surface area contributed by atoms with E-state index in [2.05, 4.69) is 16.8 Å². The lowest BCUT2D eigenvalue weighted by atomic mass is 10.3. The second kappa shape index (κ2) is 4.92. The van der Waals surface area contributed by atoms with E-state index >= 15 is 0 Å². The molecule has 0 amide bonds.